The zero-order valence-corrected chi connectivity index (χ0v) is 14.0. The quantitative estimate of drug-likeness (QED) is 0.836. The van der Waals surface area contributed by atoms with Gasteiger partial charge in [-0.05, 0) is 46.3 Å². The minimum Gasteiger partial charge on any atom is -0.318 e. The van der Waals surface area contributed by atoms with E-state index >= 15 is 0 Å². The summed E-state index contributed by atoms with van der Waals surface area (Å²) in [6, 6.07) is 5.35. The van der Waals surface area contributed by atoms with E-state index in [1.54, 1.807) is 6.08 Å². The molecule has 1 aliphatic rings. The van der Waals surface area contributed by atoms with E-state index in [2.05, 4.69) is 30.9 Å². The highest BCUT2D eigenvalue weighted by Crippen LogP contribution is 2.39. The fraction of sp³-hybridized carbons (Fsp3) is 0.188. The SMILES string of the molecule is NC1N=CC(Br)=CC1(N)C(c1ncccc1F)c1ncccc1F. The summed E-state index contributed by atoms with van der Waals surface area (Å²) in [4.78, 5) is 12.2. The summed E-state index contributed by atoms with van der Waals surface area (Å²) in [7, 11) is 0. The van der Waals surface area contributed by atoms with E-state index in [9.17, 15) is 8.78 Å². The maximum atomic E-state index is 14.4. The fourth-order valence-electron chi connectivity index (χ4n) is 2.72. The van der Waals surface area contributed by atoms with Crippen LogP contribution in [-0.4, -0.2) is 27.9 Å². The van der Waals surface area contributed by atoms with Crippen molar-refractivity contribution in [2.45, 2.75) is 17.6 Å². The smallest absolute Gasteiger partial charge is 0.145 e. The summed E-state index contributed by atoms with van der Waals surface area (Å²) in [5, 5.41) is 0. The molecule has 0 bridgehead atoms. The maximum Gasteiger partial charge on any atom is 0.145 e. The molecule has 0 saturated carbocycles. The largest absolute Gasteiger partial charge is 0.318 e. The lowest BCUT2D eigenvalue weighted by Gasteiger charge is -2.39. The second kappa shape index (κ2) is 6.46. The van der Waals surface area contributed by atoms with Gasteiger partial charge in [0.05, 0.1) is 22.8 Å². The first kappa shape index (κ1) is 16.8. The summed E-state index contributed by atoms with van der Waals surface area (Å²) in [6.07, 6.45) is 4.97. The van der Waals surface area contributed by atoms with Crippen molar-refractivity contribution in [1.29, 1.82) is 0 Å². The summed E-state index contributed by atoms with van der Waals surface area (Å²) < 4.78 is 29.4. The number of hydrogen-bond acceptors (Lipinski definition) is 5. The third-order valence-electron chi connectivity index (χ3n) is 3.88. The van der Waals surface area contributed by atoms with Crippen molar-refractivity contribution in [2.75, 3.05) is 0 Å². The monoisotopic (exact) mass is 393 g/mol. The van der Waals surface area contributed by atoms with Crippen LogP contribution in [0.4, 0.5) is 8.78 Å². The van der Waals surface area contributed by atoms with Crippen molar-refractivity contribution in [3.05, 3.63) is 70.2 Å². The molecule has 3 heterocycles. The first-order chi connectivity index (χ1) is 11.4. The Balaban J connectivity index is 2.26. The number of allylic oxidation sites excluding steroid dienone is 1. The zero-order valence-electron chi connectivity index (χ0n) is 12.4. The van der Waals surface area contributed by atoms with Crippen molar-refractivity contribution in [3.8, 4) is 0 Å². The molecule has 0 aromatic carbocycles. The van der Waals surface area contributed by atoms with E-state index in [0.717, 1.165) is 0 Å². The van der Waals surface area contributed by atoms with Gasteiger partial charge in [-0.2, -0.15) is 0 Å². The molecule has 2 atom stereocenters. The third kappa shape index (κ3) is 2.88. The van der Waals surface area contributed by atoms with Crippen molar-refractivity contribution in [3.63, 3.8) is 0 Å². The number of nitrogens with two attached hydrogens (primary N) is 2. The molecule has 0 fully saturated rings. The molecule has 2 unspecified atom stereocenters. The summed E-state index contributed by atoms with van der Waals surface area (Å²) >= 11 is 3.29. The molecule has 0 radical (unpaired) electrons. The van der Waals surface area contributed by atoms with Gasteiger partial charge in [-0.15, -0.1) is 0 Å². The second-order valence-corrected chi connectivity index (χ2v) is 6.34. The van der Waals surface area contributed by atoms with Crippen molar-refractivity contribution in [2.24, 2.45) is 16.5 Å². The Morgan fingerprint density at radius 3 is 2.12 bits per heavy atom. The van der Waals surface area contributed by atoms with Gasteiger partial charge in [0.2, 0.25) is 0 Å². The molecule has 0 amide bonds. The predicted molar refractivity (Wildman–Crippen MR) is 90.6 cm³/mol. The summed E-state index contributed by atoms with van der Waals surface area (Å²) in [5.74, 6) is -2.30. The van der Waals surface area contributed by atoms with E-state index in [4.69, 9.17) is 11.5 Å². The standard InChI is InChI=1S/C16H14BrF2N5/c17-9-7-16(21,15(20)24-8-9)12(13-10(18)3-1-5-22-13)14-11(19)4-2-6-23-14/h1-8,12,15H,20-21H2. The Kier molecular flexibility index (Phi) is 4.53. The maximum absolute atomic E-state index is 14.4. The van der Waals surface area contributed by atoms with Crippen molar-refractivity contribution >= 4 is 22.1 Å². The van der Waals surface area contributed by atoms with Crippen LogP contribution in [0.1, 0.15) is 17.3 Å². The van der Waals surface area contributed by atoms with Crippen LogP contribution in [-0.2, 0) is 0 Å². The number of dihydropyridines is 1. The molecule has 2 aromatic rings. The number of rotatable bonds is 3. The number of halogens is 3. The Bertz CT molecular complexity index is 780. The van der Waals surface area contributed by atoms with Crippen LogP contribution in [0.2, 0.25) is 0 Å². The first-order valence-electron chi connectivity index (χ1n) is 7.10. The van der Waals surface area contributed by atoms with Crippen LogP contribution in [0.25, 0.3) is 0 Å². The molecular formula is C16H14BrF2N5. The normalized spacial score (nSPS) is 23.4. The molecule has 1 aliphatic heterocycles. The van der Waals surface area contributed by atoms with Crippen molar-refractivity contribution < 1.29 is 8.78 Å². The molecule has 0 spiro atoms. The molecule has 0 saturated heterocycles. The van der Waals surface area contributed by atoms with Crippen molar-refractivity contribution in [1.82, 2.24) is 9.97 Å². The van der Waals surface area contributed by atoms with Gasteiger partial charge in [0.15, 0.2) is 0 Å². The van der Waals surface area contributed by atoms with Crippen LogP contribution >= 0.6 is 15.9 Å². The lowest BCUT2D eigenvalue weighted by molar-refractivity contribution is 0.359. The van der Waals surface area contributed by atoms with E-state index < -0.39 is 29.3 Å². The topological polar surface area (TPSA) is 90.2 Å². The van der Waals surface area contributed by atoms with Crippen LogP contribution in [0.15, 0.2) is 52.2 Å². The summed E-state index contributed by atoms with van der Waals surface area (Å²) in [5.41, 5.74) is 11.0. The van der Waals surface area contributed by atoms with E-state index in [-0.39, 0.29) is 11.4 Å². The van der Waals surface area contributed by atoms with Gasteiger partial charge in [-0.25, -0.2) is 8.78 Å². The lowest BCUT2D eigenvalue weighted by Crippen LogP contribution is -2.59. The molecule has 24 heavy (non-hydrogen) atoms. The van der Waals surface area contributed by atoms with Gasteiger partial charge >= 0.3 is 0 Å². The number of aliphatic imine (C=N–C) groups is 1. The molecule has 0 aliphatic carbocycles. The van der Waals surface area contributed by atoms with Gasteiger partial charge in [0.1, 0.15) is 17.8 Å². The molecular weight excluding hydrogens is 380 g/mol. The number of hydrogen-bond donors (Lipinski definition) is 2. The fourth-order valence-corrected chi connectivity index (χ4v) is 3.23. The predicted octanol–water partition coefficient (Wildman–Crippen LogP) is 2.23. The Morgan fingerprint density at radius 1 is 1.08 bits per heavy atom. The van der Waals surface area contributed by atoms with Crippen LogP contribution < -0.4 is 11.5 Å². The highest BCUT2D eigenvalue weighted by atomic mass is 79.9. The van der Waals surface area contributed by atoms with Gasteiger partial charge in [0.25, 0.3) is 0 Å². The minimum absolute atomic E-state index is 0.0401. The number of pyridine rings is 2. The third-order valence-corrected chi connectivity index (χ3v) is 4.31. The highest BCUT2D eigenvalue weighted by Gasteiger charge is 2.46. The van der Waals surface area contributed by atoms with Gasteiger partial charge in [-0.1, -0.05) is 0 Å². The van der Waals surface area contributed by atoms with Gasteiger partial charge in [0, 0.05) is 23.1 Å². The molecule has 2 aromatic heterocycles. The van der Waals surface area contributed by atoms with Crippen LogP contribution in [0.3, 0.4) is 0 Å². The molecule has 124 valence electrons. The van der Waals surface area contributed by atoms with Crippen LogP contribution in [0.5, 0.6) is 0 Å². The molecule has 4 N–H and O–H groups in total. The minimum atomic E-state index is -1.42. The number of nitrogens with zero attached hydrogens (tertiary/aromatic N) is 3. The lowest BCUT2D eigenvalue weighted by atomic mass is 9.76. The zero-order chi connectivity index (χ0) is 17.3. The Labute approximate surface area is 145 Å². The first-order valence-corrected chi connectivity index (χ1v) is 7.89. The Morgan fingerprint density at radius 2 is 1.62 bits per heavy atom. The molecule has 5 nitrogen and oxygen atoms in total. The average molecular weight is 394 g/mol. The van der Waals surface area contributed by atoms with Crippen LogP contribution in [0, 0.1) is 11.6 Å². The van der Waals surface area contributed by atoms with Gasteiger partial charge in [-0.3, -0.25) is 15.0 Å². The molecule has 3 rings (SSSR count). The number of aromatic nitrogens is 2. The average Bonchev–Trinajstić information content (AvgIpc) is 2.55. The summed E-state index contributed by atoms with van der Waals surface area (Å²) in [6.45, 7) is 0. The second-order valence-electron chi connectivity index (χ2n) is 5.43. The van der Waals surface area contributed by atoms with E-state index in [0.29, 0.717) is 4.48 Å². The van der Waals surface area contributed by atoms with Gasteiger partial charge < -0.3 is 11.5 Å². The Hall–Kier alpha value is -2.03. The highest BCUT2D eigenvalue weighted by molar-refractivity contribution is 9.12. The molecule has 8 heteroatoms. The van der Waals surface area contributed by atoms with E-state index in [1.807, 2.05) is 0 Å². The van der Waals surface area contributed by atoms with E-state index in [1.165, 1.54) is 42.9 Å².